The number of hydrogen-bond donors (Lipinski definition) is 1. The van der Waals surface area contributed by atoms with Gasteiger partial charge in [0, 0.05) is 17.3 Å². The fraction of sp³-hybridized carbons (Fsp3) is 0.348. The van der Waals surface area contributed by atoms with E-state index in [1.54, 1.807) is 23.1 Å². The van der Waals surface area contributed by atoms with Crippen molar-refractivity contribution in [3.63, 3.8) is 0 Å². The number of rotatable bonds is 10. The Morgan fingerprint density at radius 2 is 1.77 bits per heavy atom. The summed E-state index contributed by atoms with van der Waals surface area (Å²) in [5.74, 6) is 2.08. The highest BCUT2D eigenvalue weighted by molar-refractivity contribution is 5.92. The lowest BCUT2D eigenvalue weighted by Crippen LogP contribution is -2.29. The summed E-state index contributed by atoms with van der Waals surface area (Å²) in [4.78, 5) is 18.7. The Morgan fingerprint density at radius 1 is 1.06 bits per heavy atom. The number of nitrogens with zero attached hydrogens (tertiary/aromatic N) is 3. The van der Waals surface area contributed by atoms with Crippen LogP contribution in [0.15, 0.2) is 47.0 Å². The van der Waals surface area contributed by atoms with Crippen LogP contribution in [0.25, 0.3) is 11.4 Å². The van der Waals surface area contributed by atoms with Gasteiger partial charge < -0.3 is 19.3 Å². The molecule has 1 amide bonds. The number of aromatic nitrogens is 2. The van der Waals surface area contributed by atoms with Crippen molar-refractivity contribution in [1.82, 2.24) is 15.0 Å². The molecule has 0 atom stereocenters. The zero-order valence-corrected chi connectivity index (χ0v) is 18.3. The molecule has 8 heteroatoms. The van der Waals surface area contributed by atoms with Crippen LogP contribution < -0.4 is 14.8 Å². The average molecular weight is 425 g/mol. The first-order chi connectivity index (χ1) is 15.0. The normalized spacial score (nSPS) is 10.9. The fourth-order valence-corrected chi connectivity index (χ4v) is 3.00. The lowest BCUT2D eigenvalue weighted by molar-refractivity contribution is -0.117. The van der Waals surface area contributed by atoms with Gasteiger partial charge in [-0.2, -0.15) is 4.98 Å². The Bertz CT molecular complexity index is 1000. The van der Waals surface area contributed by atoms with Gasteiger partial charge in [0.1, 0.15) is 0 Å². The first kappa shape index (κ1) is 22.3. The Kier molecular flexibility index (Phi) is 7.61. The highest BCUT2D eigenvalue weighted by Gasteiger charge is 2.14. The van der Waals surface area contributed by atoms with Crippen LogP contribution in [0.4, 0.5) is 5.69 Å². The highest BCUT2D eigenvalue weighted by Crippen LogP contribution is 2.30. The maximum atomic E-state index is 12.5. The molecule has 1 aromatic heterocycles. The number of nitrogens with one attached hydrogen (secondary N) is 1. The summed E-state index contributed by atoms with van der Waals surface area (Å²) in [6.45, 7) is 7.41. The maximum absolute atomic E-state index is 12.5. The first-order valence-corrected chi connectivity index (χ1v) is 10.3. The molecule has 0 saturated carbocycles. The van der Waals surface area contributed by atoms with Gasteiger partial charge in [0.15, 0.2) is 11.5 Å². The van der Waals surface area contributed by atoms with Gasteiger partial charge in [-0.15, -0.1) is 0 Å². The number of likely N-dealkylation sites (N-methyl/N-ethyl adjacent to an activating group) is 1. The van der Waals surface area contributed by atoms with Gasteiger partial charge in [-0.1, -0.05) is 35.0 Å². The summed E-state index contributed by atoms with van der Waals surface area (Å²) in [6, 6.07) is 13.2. The van der Waals surface area contributed by atoms with E-state index in [9.17, 15) is 4.79 Å². The van der Waals surface area contributed by atoms with E-state index in [0.717, 1.165) is 5.56 Å². The standard InChI is InChI=1S/C23H28N4O4/c1-5-29-19-12-11-18(13-20(19)30-6-2)24-21(28)14-27(4)15-22-25-23(26-31-22)17-9-7-16(3)8-10-17/h7-13H,5-6,14-15H2,1-4H3,(H,24,28). The predicted molar refractivity (Wildman–Crippen MR) is 118 cm³/mol. The van der Waals surface area contributed by atoms with E-state index >= 15 is 0 Å². The van der Waals surface area contributed by atoms with E-state index in [1.807, 2.05) is 52.1 Å². The minimum absolute atomic E-state index is 0.160. The molecule has 0 aliphatic carbocycles. The van der Waals surface area contributed by atoms with E-state index in [1.165, 1.54) is 5.56 Å². The number of amides is 1. The third-order valence-electron chi connectivity index (χ3n) is 4.42. The monoisotopic (exact) mass is 424 g/mol. The van der Waals surface area contributed by atoms with Crippen molar-refractivity contribution in [2.24, 2.45) is 0 Å². The zero-order chi connectivity index (χ0) is 22.2. The van der Waals surface area contributed by atoms with E-state index in [2.05, 4.69) is 15.5 Å². The Morgan fingerprint density at radius 3 is 2.48 bits per heavy atom. The Balaban J connectivity index is 1.56. The molecule has 8 nitrogen and oxygen atoms in total. The van der Waals surface area contributed by atoms with E-state index in [-0.39, 0.29) is 12.5 Å². The zero-order valence-electron chi connectivity index (χ0n) is 18.3. The van der Waals surface area contributed by atoms with Crippen LogP contribution in [0.2, 0.25) is 0 Å². The average Bonchev–Trinajstić information content (AvgIpc) is 3.19. The van der Waals surface area contributed by atoms with Crippen molar-refractivity contribution in [3.8, 4) is 22.9 Å². The molecular formula is C23H28N4O4. The highest BCUT2D eigenvalue weighted by atomic mass is 16.5. The van der Waals surface area contributed by atoms with Gasteiger partial charge in [0.2, 0.25) is 17.6 Å². The molecule has 0 fully saturated rings. The summed E-state index contributed by atoms with van der Waals surface area (Å²) in [6.07, 6.45) is 0. The van der Waals surface area contributed by atoms with Gasteiger partial charge in [-0.25, -0.2) is 0 Å². The van der Waals surface area contributed by atoms with Gasteiger partial charge in [-0.3, -0.25) is 9.69 Å². The SMILES string of the molecule is CCOc1ccc(NC(=O)CN(C)Cc2nc(-c3ccc(C)cc3)no2)cc1OCC. The van der Waals surface area contributed by atoms with Crippen molar-refractivity contribution in [3.05, 3.63) is 53.9 Å². The molecular weight excluding hydrogens is 396 g/mol. The second kappa shape index (κ2) is 10.6. The molecule has 164 valence electrons. The third-order valence-corrected chi connectivity index (χ3v) is 4.42. The molecule has 0 bridgehead atoms. The molecule has 0 spiro atoms. The van der Waals surface area contributed by atoms with E-state index in [0.29, 0.717) is 48.7 Å². The van der Waals surface area contributed by atoms with Crippen LogP contribution in [0.3, 0.4) is 0 Å². The number of ether oxygens (including phenoxy) is 2. The lowest BCUT2D eigenvalue weighted by atomic mass is 10.1. The van der Waals surface area contributed by atoms with Gasteiger partial charge >= 0.3 is 0 Å². The second-order valence-electron chi connectivity index (χ2n) is 7.13. The Labute approximate surface area is 182 Å². The molecule has 0 radical (unpaired) electrons. The summed E-state index contributed by atoms with van der Waals surface area (Å²) >= 11 is 0. The van der Waals surface area contributed by atoms with Crippen LogP contribution in [-0.4, -0.2) is 47.8 Å². The van der Waals surface area contributed by atoms with Gasteiger partial charge in [0.05, 0.1) is 26.3 Å². The summed E-state index contributed by atoms with van der Waals surface area (Å²) in [5.41, 5.74) is 2.70. The number of aryl methyl sites for hydroxylation is 1. The molecule has 0 aliphatic heterocycles. The van der Waals surface area contributed by atoms with Gasteiger partial charge in [-0.05, 0) is 40.0 Å². The number of benzene rings is 2. The molecule has 2 aromatic carbocycles. The molecule has 3 aromatic rings. The maximum Gasteiger partial charge on any atom is 0.241 e. The number of carbonyl (C=O) groups is 1. The lowest BCUT2D eigenvalue weighted by Gasteiger charge is -2.15. The van der Waals surface area contributed by atoms with Crippen LogP contribution >= 0.6 is 0 Å². The second-order valence-corrected chi connectivity index (χ2v) is 7.13. The fourth-order valence-electron chi connectivity index (χ4n) is 3.00. The molecule has 1 N–H and O–H groups in total. The number of hydrogen-bond acceptors (Lipinski definition) is 7. The van der Waals surface area contributed by atoms with Crippen molar-refractivity contribution in [1.29, 1.82) is 0 Å². The van der Waals surface area contributed by atoms with Crippen LogP contribution in [0.5, 0.6) is 11.5 Å². The molecule has 3 rings (SSSR count). The van der Waals surface area contributed by atoms with Gasteiger partial charge in [0.25, 0.3) is 0 Å². The summed E-state index contributed by atoms with van der Waals surface area (Å²) in [5, 5.41) is 6.91. The van der Waals surface area contributed by atoms with E-state index in [4.69, 9.17) is 14.0 Å². The number of carbonyl (C=O) groups excluding carboxylic acids is 1. The molecule has 31 heavy (non-hydrogen) atoms. The van der Waals surface area contributed by atoms with E-state index < -0.39 is 0 Å². The van der Waals surface area contributed by atoms with Crippen LogP contribution in [0, 0.1) is 6.92 Å². The molecule has 0 unspecified atom stereocenters. The topological polar surface area (TPSA) is 89.7 Å². The van der Waals surface area contributed by atoms with Crippen LogP contribution in [-0.2, 0) is 11.3 Å². The Hall–Kier alpha value is -3.39. The predicted octanol–water partition coefficient (Wildman–Crippen LogP) is 3.91. The molecule has 1 heterocycles. The minimum atomic E-state index is -0.160. The largest absolute Gasteiger partial charge is 0.490 e. The third kappa shape index (κ3) is 6.29. The smallest absolute Gasteiger partial charge is 0.241 e. The quantitative estimate of drug-likeness (QED) is 0.528. The van der Waals surface area contributed by atoms with Crippen molar-refractivity contribution >= 4 is 11.6 Å². The van der Waals surface area contributed by atoms with Crippen molar-refractivity contribution < 1.29 is 18.8 Å². The van der Waals surface area contributed by atoms with Crippen molar-refractivity contribution in [2.45, 2.75) is 27.3 Å². The summed E-state index contributed by atoms with van der Waals surface area (Å²) < 4.78 is 16.5. The molecule has 0 aliphatic rings. The molecule has 0 saturated heterocycles. The van der Waals surface area contributed by atoms with Crippen LogP contribution in [0.1, 0.15) is 25.3 Å². The van der Waals surface area contributed by atoms with Crippen molar-refractivity contribution in [2.75, 3.05) is 32.1 Å². The minimum Gasteiger partial charge on any atom is -0.490 e. The number of anilines is 1. The summed E-state index contributed by atoms with van der Waals surface area (Å²) in [7, 11) is 1.82. The first-order valence-electron chi connectivity index (χ1n) is 10.3.